The standard InChI is InChI=1S/C25H20N2O7/c1-15-22(25(29)30)20-11-9-18(34-14-16-6-4-3-5-7-16)13-26(20)23(15)24(28)17-8-10-19(27(31)32)21(12-17)33-2/h3-13H,14H2,1-2H3,(H,29,30). The number of pyridine rings is 1. The number of nitrogens with zero attached hydrogens (tertiary/aromatic N) is 2. The fourth-order valence-electron chi connectivity index (χ4n) is 3.84. The molecule has 2 aromatic heterocycles. The van der Waals surface area contributed by atoms with E-state index in [0.717, 1.165) is 5.56 Å². The lowest BCUT2D eigenvalue weighted by Gasteiger charge is -2.10. The second-order valence-corrected chi connectivity index (χ2v) is 7.52. The Morgan fingerprint density at radius 2 is 1.82 bits per heavy atom. The number of aromatic nitrogens is 1. The number of methoxy groups -OCH3 is 1. The van der Waals surface area contributed by atoms with Crippen LogP contribution in [0.15, 0.2) is 66.9 Å². The highest BCUT2D eigenvalue weighted by Gasteiger charge is 2.27. The van der Waals surface area contributed by atoms with Gasteiger partial charge in [0.2, 0.25) is 5.78 Å². The van der Waals surface area contributed by atoms with E-state index in [9.17, 15) is 24.8 Å². The Bertz CT molecular complexity index is 1420. The third-order valence-corrected chi connectivity index (χ3v) is 5.46. The summed E-state index contributed by atoms with van der Waals surface area (Å²) in [5.41, 5.74) is 1.51. The summed E-state index contributed by atoms with van der Waals surface area (Å²) in [6.07, 6.45) is 1.56. The van der Waals surface area contributed by atoms with E-state index in [-0.39, 0.29) is 33.8 Å². The molecule has 0 fully saturated rings. The van der Waals surface area contributed by atoms with E-state index in [1.54, 1.807) is 25.3 Å². The second-order valence-electron chi connectivity index (χ2n) is 7.52. The molecule has 0 atom stereocenters. The molecule has 0 radical (unpaired) electrons. The number of fused-ring (bicyclic) bond motifs is 1. The summed E-state index contributed by atoms with van der Waals surface area (Å²) in [4.78, 5) is 36.0. The number of carbonyl (C=O) groups is 2. The van der Waals surface area contributed by atoms with E-state index < -0.39 is 16.7 Å². The predicted molar refractivity (Wildman–Crippen MR) is 123 cm³/mol. The first-order chi connectivity index (χ1) is 16.3. The Morgan fingerprint density at radius 3 is 2.47 bits per heavy atom. The monoisotopic (exact) mass is 460 g/mol. The second kappa shape index (κ2) is 9.07. The Morgan fingerprint density at radius 1 is 1.09 bits per heavy atom. The van der Waals surface area contributed by atoms with Gasteiger partial charge in [-0.05, 0) is 42.3 Å². The van der Waals surface area contributed by atoms with Crippen LogP contribution in [0.5, 0.6) is 11.5 Å². The van der Waals surface area contributed by atoms with Crippen LogP contribution in [0.3, 0.4) is 0 Å². The zero-order valence-corrected chi connectivity index (χ0v) is 18.3. The molecule has 9 heteroatoms. The number of hydrogen-bond acceptors (Lipinski definition) is 6. The van der Waals surface area contributed by atoms with Crippen LogP contribution in [0, 0.1) is 17.0 Å². The third-order valence-electron chi connectivity index (χ3n) is 5.46. The van der Waals surface area contributed by atoms with Gasteiger partial charge in [0.15, 0.2) is 5.75 Å². The topological polar surface area (TPSA) is 120 Å². The van der Waals surface area contributed by atoms with Gasteiger partial charge in [0, 0.05) is 11.6 Å². The summed E-state index contributed by atoms with van der Waals surface area (Å²) in [7, 11) is 1.27. The van der Waals surface area contributed by atoms with Crippen LogP contribution in [0.4, 0.5) is 5.69 Å². The summed E-state index contributed by atoms with van der Waals surface area (Å²) >= 11 is 0. The number of ether oxygens (including phenoxy) is 2. The molecule has 0 spiro atoms. The number of hydrogen-bond donors (Lipinski definition) is 1. The Labute approximate surface area is 193 Å². The summed E-state index contributed by atoms with van der Waals surface area (Å²) < 4.78 is 12.4. The average molecular weight is 460 g/mol. The van der Waals surface area contributed by atoms with Crippen molar-refractivity contribution in [3.8, 4) is 11.5 Å². The van der Waals surface area contributed by atoms with Gasteiger partial charge in [0.1, 0.15) is 12.4 Å². The molecular weight excluding hydrogens is 440 g/mol. The van der Waals surface area contributed by atoms with Crippen molar-refractivity contribution in [3.05, 3.63) is 105 Å². The van der Waals surface area contributed by atoms with Gasteiger partial charge in [-0.2, -0.15) is 0 Å². The maximum Gasteiger partial charge on any atom is 0.338 e. The van der Waals surface area contributed by atoms with Crippen LogP contribution in [0.1, 0.15) is 37.5 Å². The highest BCUT2D eigenvalue weighted by Crippen LogP contribution is 2.31. The number of benzene rings is 2. The van der Waals surface area contributed by atoms with Crippen molar-refractivity contribution in [2.45, 2.75) is 13.5 Å². The van der Waals surface area contributed by atoms with E-state index in [4.69, 9.17) is 9.47 Å². The zero-order valence-electron chi connectivity index (χ0n) is 18.3. The molecule has 4 rings (SSSR count). The maximum atomic E-state index is 13.5. The molecular formula is C25H20N2O7. The van der Waals surface area contributed by atoms with Gasteiger partial charge in [-0.1, -0.05) is 30.3 Å². The van der Waals surface area contributed by atoms with Crippen molar-refractivity contribution in [1.29, 1.82) is 0 Å². The third kappa shape index (κ3) is 4.06. The van der Waals surface area contributed by atoms with Crippen LogP contribution in [0.2, 0.25) is 0 Å². The smallest absolute Gasteiger partial charge is 0.338 e. The number of aromatic carboxylic acids is 1. The largest absolute Gasteiger partial charge is 0.490 e. The van der Waals surface area contributed by atoms with E-state index in [2.05, 4.69) is 0 Å². The van der Waals surface area contributed by atoms with Gasteiger partial charge < -0.3 is 19.0 Å². The van der Waals surface area contributed by atoms with Crippen LogP contribution in [-0.4, -0.2) is 33.3 Å². The molecule has 0 unspecified atom stereocenters. The normalized spacial score (nSPS) is 10.8. The molecule has 4 aromatic rings. The summed E-state index contributed by atoms with van der Waals surface area (Å²) in [6, 6.07) is 16.5. The van der Waals surface area contributed by atoms with Crippen molar-refractivity contribution in [2.75, 3.05) is 7.11 Å². The highest BCUT2D eigenvalue weighted by molar-refractivity contribution is 6.13. The molecule has 172 valence electrons. The lowest BCUT2D eigenvalue weighted by Crippen LogP contribution is -2.08. The molecule has 0 aliphatic rings. The predicted octanol–water partition coefficient (Wildman–Crippen LogP) is 4.67. The van der Waals surface area contributed by atoms with Crippen LogP contribution in [0.25, 0.3) is 5.52 Å². The number of nitro benzene ring substituents is 1. The minimum Gasteiger partial charge on any atom is -0.490 e. The quantitative estimate of drug-likeness (QED) is 0.230. The molecule has 9 nitrogen and oxygen atoms in total. The molecule has 2 heterocycles. The van der Waals surface area contributed by atoms with Crippen molar-refractivity contribution in [3.63, 3.8) is 0 Å². The fraction of sp³-hybridized carbons (Fsp3) is 0.120. The number of carboxylic acids is 1. The fourth-order valence-corrected chi connectivity index (χ4v) is 3.84. The van der Waals surface area contributed by atoms with Gasteiger partial charge in [-0.25, -0.2) is 4.79 Å². The molecule has 0 bridgehead atoms. The Balaban J connectivity index is 1.80. The number of carbonyl (C=O) groups excluding carboxylic acids is 1. The lowest BCUT2D eigenvalue weighted by atomic mass is 10.0. The van der Waals surface area contributed by atoms with Gasteiger partial charge >= 0.3 is 11.7 Å². The van der Waals surface area contributed by atoms with E-state index >= 15 is 0 Å². The first kappa shape index (κ1) is 22.5. The summed E-state index contributed by atoms with van der Waals surface area (Å²) in [5, 5.41) is 21.0. The highest BCUT2D eigenvalue weighted by atomic mass is 16.6. The molecule has 1 N–H and O–H groups in total. The average Bonchev–Trinajstić information content (AvgIpc) is 3.13. The Hall–Kier alpha value is -4.66. The maximum absolute atomic E-state index is 13.5. The molecule has 0 aliphatic heterocycles. The Kier molecular flexibility index (Phi) is 6.01. The molecule has 34 heavy (non-hydrogen) atoms. The SMILES string of the molecule is COc1cc(C(=O)c2c(C)c(C(=O)O)c3ccc(OCc4ccccc4)cn23)ccc1[N+](=O)[O-]. The lowest BCUT2D eigenvalue weighted by molar-refractivity contribution is -0.385. The van der Waals surface area contributed by atoms with Gasteiger partial charge in [0.25, 0.3) is 0 Å². The van der Waals surface area contributed by atoms with Gasteiger partial charge in [-0.3, -0.25) is 14.9 Å². The first-order valence-corrected chi connectivity index (χ1v) is 10.2. The summed E-state index contributed by atoms with van der Waals surface area (Å²) in [5.74, 6) is -1.31. The number of ketones is 1. The molecule has 2 aromatic carbocycles. The van der Waals surface area contributed by atoms with E-state index in [1.807, 2.05) is 30.3 Å². The number of nitro groups is 1. The molecule has 0 saturated carbocycles. The molecule has 0 amide bonds. The van der Waals surface area contributed by atoms with Gasteiger partial charge in [0.05, 0.1) is 35.0 Å². The van der Waals surface area contributed by atoms with Crippen molar-refractivity contribution < 1.29 is 29.1 Å². The molecule has 0 aliphatic carbocycles. The minimum atomic E-state index is -1.17. The minimum absolute atomic E-state index is 0.00756. The van der Waals surface area contributed by atoms with E-state index in [1.165, 1.54) is 29.7 Å². The van der Waals surface area contributed by atoms with Crippen LogP contribution >= 0.6 is 0 Å². The number of carboxylic acid groups (broad SMARTS) is 1. The van der Waals surface area contributed by atoms with Crippen molar-refractivity contribution in [1.82, 2.24) is 4.40 Å². The number of rotatable bonds is 8. The van der Waals surface area contributed by atoms with Crippen LogP contribution < -0.4 is 9.47 Å². The zero-order chi connectivity index (χ0) is 24.4. The van der Waals surface area contributed by atoms with Gasteiger partial charge in [-0.15, -0.1) is 0 Å². The first-order valence-electron chi connectivity index (χ1n) is 10.2. The van der Waals surface area contributed by atoms with Crippen molar-refractivity contribution >= 4 is 23.0 Å². The molecule has 0 saturated heterocycles. The summed E-state index contributed by atoms with van der Waals surface area (Å²) in [6.45, 7) is 1.85. The van der Waals surface area contributed by atoms with E-state index in [0.29, 0.717) is 17.9 Å². The van der Waals surface area contributed by atoms with Crippen LogP contribution in [-0.2, 0) is 6.61 Å². The van der Waals surface area contributed by atoms with Crippen molar-refractivity contribution in [2.24, 2.45) is 0 Å².